The van der Waals surface area contributed by atoms with Gasteiger partial charge in [0.15, 0.2) is 0 Å². The van der Waals surface area contributed by atoms with Crippen LogP contribution in [0.5, 0.6) is 0 Å². The third kappa shape index (κ3) is 5.77. The summed E-state index contributed by atoms with van der Waals surface area (Å²) in [5.74, 6) is 1.40. The maximum Gasteiger partial charge on any atom is 0.222 e. The highest BCUT2D eigenvalue weighted by atomic mass is 32.2. The summed E-state index contributed by atoms with van der Waals surface area (Å²) < 4.78 is 0.328. The quantitative estimate of drug-likeness (QED) is 0.769. The molecule has 1 saturated heterocycles. The minimum atomic E-state index is 0.328. The largest absolute Gasteiger partial charge is 0.342 e. The first-order valence-electron chi connectivity index (χ1n) is 6.67. The van der Waals surface area contributed by atoms with Crippen molar-refractivity contribution in [2.75, 3.05) is 25.4 Å². The van der Waals surface area contributed by atoms with E-state index in [9.17, 15) is 4.79 Å². The molecule has 0 spiro atoms. The summed E-state index contributed by atoms with van der Waals surface area (Å²) in [7, 11) is 0. The minimum Gasteiger partial charge on any atom is -0.342 e. The zero-order valence-electron chi connectivity index (χ0n) is 11.2. The highest BCUT2D eigenvalue weighted by Crippen LogP contribution is 2.30. The van der Waals surface area contributed by atoms with Gasteiger partial charge in [-0.2, -0.15) is 11.8 Å². The highest BCUT2D eigenvalue weighted by molar-refractivity contribution is 8.00. The van der Waals surface area contributed by atoms with Crippen LogP contribution in [0.1, 0.15) is 46.0 Å². The van der Waals surface area contributed by atoms with Gasteiger partial charge in [0.1, 0.15) is 0 Å². The summed E-state index contributed by atoms with van der Waals surface area (Å²) in [5.41, 5.74) is 5.44. The summed E-state index contributed by atoms with van der Waals surface area (Å²) in [6.45, 7) is 7.13. The Kier molecular flexibility index (Phi) is 6.34. The molecule has 0 aliphatic carbocycles. The Bertz CT molecular complexity index is 244. The average Bonchev–Trinajstić information content (AvgIpc) is 2.45. The topological polar surface area (TPSA) is 46.3 Å². The summed E-state index contributed by atoms with van der Waals surface area (Å²) in [4.78, 5) is 14.1. The number of amides is 1. The van der Waals surface area contributed by atoms with Crippen molar-refractivity contribution >= 4 is 17.7 Å². The number of unbranched alkanes of at least 4 members (excludes halogenated alkanes) is 2. The molecule has 0 atom stereocenters. The molecule has 100 valence electrons. The molecule has 0 radical (unpaired) electrons. The molecule has 0 saturated carbocycles. The third-order valence-corrected chi connectivity index (χ3v) is 4.66. The van der Waals surface area contributed by atoms with Gasteiger partial charge in [-0.1, -0.05) is 20.3 Å². The van der Waals surface area contributed by atoms with Crippen LogP contribution < -0.4 is 5.73 Å². The second-order valence-corrected chi connectivity index (χ2v) is 7.14. The fourth-order valence-electron chi connectivity index (χ4n) is 2.03. The SMILES string of the molecule is CC1(C)CCN(C(=O)CCCCCN)CCS1. The van der Waals surface area contributed by atoms with E-state index < -0.39 is 0 Å². The van der Waals surface area contributed by atoms with Crippen molar-refractivity contribution in [1.82, 2.24) is 4.90 Å². The molecule has 0 aromatic rings. The van der Waals surface area contributed by atoms with Gasteiger partial charge in [-0.15, -0.1) is 0 Å². The lowest BCUT2D eigenvalue weighted by molar-refractivity contribution is -0.131. The van der Waals surface area contributed by atoms with Crippen LogP contribution in [-0.4, -0.2) is 40.9 Å². The van der Waals surface area contributed by atoms with Crippen LogP contribution in [0.3, 0.4) is 0 Å². The van der Waals surface area contributed by atoms with Crippen molar-refractivity contribution < 1.29 is 4.79 Å². The van der Waals surface area contributed by atoms with Crippen molar-refractivity contribution in [3.05, 3.63) is 0 Å². The van der Waals surface area contributed by atoms with Crippen LogP contribution in [0.25, 0.3) is 0 Å². The van der Waals surface area contributed by atoms with Crippen molar-refractivity contribution in [3.63, 3.8) is 0 Å². The van der Waals surface area contributed by atoms with Gasteiger partial charge in [-0.25, -0.2) is 0 Å². The van der Waals surface area contributed by atoms with E-state index in [1.165, 1.54) is 0 Å². The zero-order valence-corrected chi connectivity index (χ0v) is 12.0. The van der Waals surface area contributed by atoms with E-state index in [1.54, 1.807) is 0 Å². The molecule has 0 aromatic carbocycles. The number of carbonyl (C=O) groups excluding carboxylic acids is 1. The number of carbonyl (C=O) groups is 1. The van der Waals surface area contributed by atoms with E-state index in [0.29, 0.717) is 17.1 Å². The Morgan fingerprint density at radius 2 is 2.06 bits per heavy atom. The molecule has 1 aliphatic rings. The highest BCUT2D eigenvalue weighted by Gasteiger charge is 2.25. The molecule has 1 amide bonds. The van der Waals surface area contributed by atoms with Gasteiger partial charge in [0.2, 0.25) is 5.91 Å². The summed E-state index contributed by atoms with van der Waals surface area (Å²) in [6, 6.07) is 0. The molecule has 1 rings (SSSR count). The minimum absolute atomic E-state index is 0.328. The predicted octanol–water partition coefficient (Wildman–Crippen LogP) is 2.25. The first-order chi connectivity index (χ1) is 8.05. The van der Waals surface area contributed by atoms with Gasteiger partial charge in [0, 0.05) is 30.0 Å². The molecular formula is C13H26N2OS. The van der Waals surface area contributed by atoms with E-state index in [4.69, 9.17) is 5.73 Å². The third-order valence-electron chi connectivity index (χ3n) is 3.29. The Labute approximate surface area is 109 Å². The van der Waals surface area contributed by atoms with Gasteiger partial charge < -0.3 is 10.6 Å². The van der Waals surface area contributed by atoms with E-state index in [0.717, 1.165) is 51.1 Å². The summed E-state index contributed by atoms with van der Waals surface area (Å²) in [5, 5.41) is 0. The lowest BCUT2D eigenvalue weighted by atomic mass is 10.1. The van der Waals surface area contributed by atoms with Gasteiger partial charge in [0.05, 0.1) is 0 Å². The molecule has 3 nitrogen and oxygen atoms in total. The van der Waals surface area contributed by atoms with E-state index in [-0.39, 0.29) is 0 Å². The number of hydrogen-bond donors (Lipinski definition) is 1. The molecular weight excluding hydrogens is 232 g/mol. The van der Waals surface area contributed by atoms with Crippen LogP contribution in [0.2, 0.25) is 0 Å². The summed E-state index contributed by atoms with van der Waals surface area (Å²) in [6.07, 6.45) is 4.91. The number of nitrogens with zero attached hydrogens (tertiary/aromatic N) is 1. The van der Waals surface area contributed by atoms with Crippen LogP contribution in [0.4, 0.5) is 0 Å². The van der Waals surface area contributed by atoms with E-state index in [1.807, 2.05) is 16.7 Å². The molecule has 0 bridgehead atoms. The van der Waals surface area contributed by atoms with Crippen LogP contribution in [-0.2, 0) is 4.79 Å². The fourth-order valence-corrected chi connectivity index (χ4v) is 3.13. The van der Waals surface area contributed by atoms with E-state index in [2.05, 4.69) is 13.8 Å². The smallest absolute Gasteiger partial charge is 0.222 e. The van der Waals surface area contributed by atoms with E-state index >= 15 is 0 Å². The monoisotopic (exact) mass is 258 g/mol. The molecule has 2 N–H and O–H groups in total. The number of nitrogens with two attached hydrogens (primary N) is 1. The van der Waals surface area contributed by atoms with Crippen LogP contribution in [0.15, 0.2) is 0 Å². The fraction of sp³-hybridized carbons (Fsp3) is 0.923. The van der Waals surface area contributed by atoms with Crippen LogP contribution in [0, 0.1) is 0 Å². The Balaban J connectivity index is 2.27. The standard InChI is InChI=1S/C13H26N2OS/c1-13(2)7-9-15(10-11-17-13)12(16)6-4-3-5-8-14/h3-11,14H2,1-2H3. The van der Waals surface area contributed by atoms with Crippen molar-refractivity contribution in [3.8, 4) is 0 Å². The van der Waals surface area contributed by atoms with Gasteiger partial charge in [-0.3, -0.25) is 4.79 Å². The van der Waals surface area contributed by atoms with Gasteiger partial charge >= 0.3 is 0 Å². The first kappa shape index (κ1) is 14.8. The second kappa shape index (κ2) is 7.27. The molecule has 1 heterocycles. The Morgan fingerprint density at radius 3 is 2.76 bits per heavy atom. The molecule has 1 aliphatic heterocycles. The first-order valence-corrected chi connectivity index (χ1v) is 7.65. The molecule has 17 heavy (non-hydrogen) atoms. The normalized spacial score (nSPS) is 20.1. The molecule has 0 unspecified atom stereocenters. The predicted molar refractivity (Wildman–Crippen MR) is 75.3 cm³/mol. The number of thioether (sulfide) groups is 1. The summed E-state index contributed by atoms with van der Waals surface area (Å²) >= 11 is 1.98. The molecule has 4 heteroatoms. The van der Waals surface area contributed by atoms with Crippen molar-refractivity contribution in [2.45, 2.75) is 50.7 Å². The second-order valence-electron chi connectivity index (χ2n) is 5.34. The van der Waals surface area contributed by atoms with Gasteiger partial charge in [-0.05, 0) is 25.8 Å². The van der Waals surface area contributed by atoms with Gasteiger partial charge in [0.25, 0.3) is 0 Å². The molecule has 1 fully saturated rings. The lowest BCUT2D eigenvalue weighted by Crippen LogP contribution is -2.33. The van der Waals surface area contributed by atoms with Crippen molar-refractivity contribution in [2.24, 2.45) is 5.73 Å². The number of rotatable bonds is 5. The van der Waals surface area contributed by atoms with Crippen LogP contribution >= 0.6 is 11.8 Å². The van der Waals surface area contributed by atoms with Crippen molar-refractivity contribution in [1.29, 1.82) is 0 Å². The lowest BCUT2D eigenvalue weighted by Gasteiger charge is -2.22. The Morgan fingerprint density at radius 1 is 1.29 bits per heavy atom. The maximum absolute atomic E-state index is 12.0. The number of hydrogen-bond acceptors (Lipinski definition) is 3. The Hall–Kier alpha value is -0.220. The zero-order chi connectivity index (χ0) is 12.7. The average molecular weight is 258 g/mol. The molecule has 0 aromatic heterocycles. The maximum atomic E-state index is 12.0.